The maximum Gasteiger partial charge on any atom is 0.337 e. The average molecular weight is 597 g/mol. The molecular formula is C31H25ClN6O3S. The number of fused-ring (bicyclic) bond motifs is 2. The monoisotopic (exact) mass is 596 g/mol. The zero-order valence-corrected chi connectivity index (χ0v) is 24.4. The average Bonchev–Trinajstić information content (AvgIpc) is 3.75. The maximum absolute atomic E-state index is 12.5. The lowest BCUT2D eigenvalue weighted by molar-refractivity contribution is 0.0601. The number of nitrogens with zero attached hydrogens (tertiary/aromatic N) is 5. The molecule has 3 aromatic carbocycles. The summed E-state index contributed by atoms with van der Waals surface area (Å²) in [6.45, 7) is 0.565. The molecule has 0 radical (unpaired) electrons. The number of rotatable bonds is 8. The Kier molecular flexibility index (Phi) is 7.86. The molecule has 0 aliphatic carbocycles. The number of aromatic amines is 1. The molecule has 0 bridgehead atoms. The highest BCUT2D eigenvalue weighted by Crippen LogP contribution is 2.30. The Bertz CT molecular complexity index is 1950. The second-order valence-corrected chi connectivity index (χ2v) is 11.0. The van der Waals surface area contributed by atoms with Crippen molar-refractivity contribution in [3.8, 4) is 17.6 Å². The second-order valence-electron chi connectivity index (χ2n) is 9.51. The number of aromatic nitrogens is 6. The molecule has 11 heteroatoms. The number of aryl methyl sites for hydroxylation is 4. The summed E-state index contributed by atoms with van der Waals surface area (Å²) in [5.74, 6) is 7.72. The van der Waals surface area contributed by atoms with E-state index in [0.717, 1.165) is 50.1 Å². The van der Waals surface area contributed by atoms with Gasteiger partial charge in [-0.2, -0.15) is 5.21 Å². The van der Waals surface area contributed by atoms with Gasteiger partial charge in [-0.25, -0.2) is 9.78 Å². The Morgan fingerprint density at radius 1 is 1.02 bits per heavy atom. The van der Waals surface area contributed by atoms with Crippen LogP contribution in [-0.4, -0.2) is 50.4 Å². The molecule has 0 saturated heterocycles. The van der Waals surface area contributed by atoms with E-state index in [4.69, 9.17) is 26.1 Å². The molecule has 0 fully saturated rings. The Hall–Kier alpha value is -4.72. The highest BCUT2D eigenvalue weighted by Gasteiger charge is 2.19. The summed E-state index contributed by atoms with van der Waals surface area (Å²) in [5.41, 5.74) is 5.31. The molecule has 42 heavy (non-hydrogen) atoms. The van der Waals surface area contributed by atoms with Crippen LogP contribution in [0.4, 0.5) is 0 Å². The molecule has 0 spiro atoms. The smallest absolute Gasteiger partial charge is 0.337 e. The lowest BCUT2D eigenvalue weighted by atomic mass is 10.0. The van der Waals surface area contributed by atoms with E-state index in [0.29, 0.717) is 40.8 Å². The molecule has 0 unspecified atom stereocenters. The minimum absolute atomic E-state index is 0.391. The Balaban J connectivity index is 1.48. The highest BCUT2D eigenvalue weighted by atomic mass is 35.5. The topological polar surface area (TPSA) is 108 Å². The third kappa shape index (κ3) is 5.70. The minimum atomic E-state index is -0.391. The number of thiazole rings is 1. The van der Waals surface area contributed by atoms with Gasteiger partial charge < -0.3 is 14.0 Å². The van der Waals surface area contributed by atoms with Crippen LogP contribution in [0.2, 0.25) is 5.02 Å². The molecule has 0 atom stereocenters. The van der Waals surface area contributed by atoms with Crippen molar-refractivity contribution in [1.82, 2.24) is 30.2 Å². The third-order valence-corrected chi connectivity index (χ3v) is 8.20. The summed E-state index contributed by atoms with van der Waals surface area (Å²) in [4.78, 5) is 17.2. The summed E-state index contributed by atoms with van der Waals surface area (Å²) < 4.78 is 13.6. The number of halogens is 1. The number of esters is 1. The number of benzene rings is 3. The summed E-state index contributed by atoms with van der Waals surface area (Å²) in [7, 11) is 3.02. The van der Waals surface area contributed by atoms with Crippen LogP contribution >= 0.6 is 22.9 Å². The van der Waals surface area contributed by atoms with Gasteiger partial charge in [-0.3, -0.25) is 0 Å². The second kappa shape index (κ2) is 12.0. The number of hydrogen-bond donors (Lipinski definition) is 1. The Morgan fingerprint density at radius 2 is 1.88 bits per heavy atom. The first-order valence-electron chi connectivity index (χ1n) is 13.2. The van der Waals surface area contributed by atoms with Gasteiger partial charge in [-0.1, -0.05) is 28.9 Å². The fraction of sp³-hybridized carbons (Fsp3) is 0.194. The SMILES string of the molecule is COC(=O)c1ccc2c(c1)c(CCc1ccc(Cl)cc1)c(C#Cc1nc3cc(OC)ccc3s1)n2CCc1nn[nH]n1. The number of nitrogens with one attached hydrogen (secondary N) is 1. The van der Waals surface area contributed by atoms with E-state index in [1.165, 1.54) is 18.4 Å². The quantitative estimate of drug-likeness (QED) is 0.179. The van der Waals surface area contributed by atoms with Gasteiger partial charge >= 0.3 is 5.97 Å². The summed E-state index contributed by atoms with van der Waals surface area (Å²) >= 11 is 7.66. The van der Waals surface area contributed by atoms with Gasteiger partial charge in [0.25, 0.3) is 0 Å². The normalized spacial score (nSPS) is 11.0. The number of tetrazole rings is 1. The molecule has 0 amide bonds. The molecule has 3 aromatic heterocycles. The number of ether oxygens (including phenoxy) is 2. The number of carbonyl (C=O) groups is 1. The number of hydrogen-bond acceptors (Lipinski definition) is 8. The van der Waals surface area contributed by atoms with Crippen LogP contribution in [0.1, 0.15) is 38.0 Å². The van der Waals surface area contributed by atoms with Gasteiger partial charge in [0, 0.05) is 35.0 Å². The van der Waals surface area contributed by atoms with Gasteiger partial charge in [-0.15, -0.1) is 21.5 Å². The molecule has 9 nitrogen and oxygen atoms in total. The van der Waals surface area contributed by atoms with Crippen molar-refractivity contribution < 1.29 is 14.3 Å². The van der Waals surface area contributed by atoms with Crippen molar-refractivity contribution in [3.63, 3.8) is 0 Å². The molecule has 3 heterocycles. The lowest BCUT2D eigenvalue weighted by Crippen LogP contribution is -2.06. The van der Waals surface area contributed by atoms with Crippen molar-refractivity contribution in [2.75, 3.05) is 14.2 Å². The molecular weight excluding hydrogens is 572 g/mol. The first-order chi connectivity index (χ1) is 20.5. The van der Waals surface area contributed by atoms with Crippen molar-refractivity contribution in [3.05, 3.63) is 98.9 Å². The van der Waals surface area contributed by atoms with Crippen LogP contribution in [0, 0.1) is 11.8 Å². The van der Waals surface area contributed by atoms with Crippen LogP contribution in [0.15, 0.2) is 60.7 Å². The Morgan fingerprint density at radius 3 is 2.64 bits per heavy atom. The number of carbonyl (C=O) groups excluding carboxylic acids is 1. The van der Waals surface area contributed by atoms with E-state index in [1.54, 1.807) is 13.2 Å². The van der Waals surface area contributed by atoms with E-state index in [-0.39, 0.29) is 0 Å². The molecule has 0 aliphatic heterocycles. The third-order valence-electron chi connectivity index (χ3n) is 7.00. The van der Waals surface area contributed by atoms with Crippen molar-refractivity contribution in [2.24, 2.45) is 0 Å². The van der Waals surface area contributed by atoms with E-state index < -0.39 is 5.97 Å². The molecule has 1 N–H and O–H groups in total. The number of H-pyrrole nitrogens is 1. The first-order valence-corrected chi connectivity index (χ1v) is 14.4. The Labute approximate surface area is 250 Å². The van der Waals surface area contributed by atoms with Gasteiger partial charge in [0.05, 0.1) is 35.7 Å². The predicted octanol–water partition coefficient (Wildman–Crippen LogP) is 5.64. The summed E-state index contributed by atoms with van der Waals surface area (Å²) in [6, 6.07) is 19.3. The molecule has 0 saturated carbocycles. The molecule has 210 valence electrons. The summed E-state index contributed by atoms with van der Waals surface area (Å²) in [5, 5.41) is 16.8. The molecule has 6 aromatic rings. The van der Waals surface area contributed by atoms with E-state index in [1.807, 2.05) is 54.6 Å². The number of methoxy groups -OCH3 is 2. The van der Waals surface area contributed by atoms with Crippen LogP contribution in [0.25, 0.3) is 21.1 Å². The van der Waals surface area contributed by atoms with Crippen LogP contribution in [0.3, 0.4) is 0 Å². The van der Waals surface area contributed by atoms with Crippen molar-refractivity contribution >= 4 is 50.0 Å². The van der Waals surface area contributed by atoms with Crippen LogP contribution in [0.5, 0.6) is 5.75 Å². The lowest BCUT2D eigenvalue weighted by Gasteiger charge is -2.07. The van der Waals surface area contributed by atoms with Gasteiger partial charge in [0.2, 0.25) is 0 Å². The zero-order chi connectivity index (χ0) is 29.1. The minimum Gasteiger partial charge on any atom is -0.497 e. The van der Waals surface area contributed by atoms with E-state index in [9.17, 15) is 4.79 Å². The van der Waals surface area contributed by atoms with Crippen LogP contribution < -0.4 is 4.74 Å². The van der Waals surface area contributed by atoms with Gasteiger partial charge in [-0.05, 0) is 78.3 Å². The fourth-order valence-corrected chi connectivity index (χ4v) is 5.84. The van der Waals surface area contributed by atoms with Crippen LogP contribution in [-0.2, 0) is 30.5 Å². The predicted molar refractivity (Wildman–Crippen MR) is 162 cm³/mol. The zero-order valence-electron chi connectivity index (χ0n) is 22.8. The van der Waals surface area contributed by atoms with Gasteiger partial charge in [0.1, 0.15) is 5.75 Å². The molecule has 0 aliphatic rings. The molecule has 6 rings (SSSR count). The summed E-state index contributed by atoms with van der Waals surface area (Å²) in [6.07, 6.45) is 2.00. The maximum atomic E-state index is 12.5. The first kappa shape index (κ1) is 27.4. The largest absolute Gasteiger partial charge is 0.497 e. The van der Waals surface area contributed by atoms with E-state index in [2.05, 4.69) is 37.0 Å². The van der Waals surface area contributed by atoms with Crippen molar-refractivity contribution in [1.29, 1.82) is 0 Å². The fourth-order valence-electron chi connectivity index (χ4n) is 4.92. The van der Waals surface area contributed by atoms with Crippen molar-refractivity contribution in [2.45, 2.75) is 25.8 Å². The standard InChI is InChI=1S/C31H25ClN6O3S/c1-40-22-9-13-28-25(18-22)33-30(42-28)14-12-26-23(10-5-19-3-7-21(32)8-4-19)24-17-20(31(39)41-2)6-11-27(24)38(26)16-15-29-34-36-37-35-29/h3-4,6-9,11,13,17-18H,5,10,15-16H2,1-2H3,(H,34,35,36,37). The highest BCUT2D eigenvalue weighted by molar-refractivity contribution is 7.19. The van der Waals surface area contributed by atoms with E-state index >= 15 is 0 Å². The van der Waals surface area contributed by atoms with Gasteiger partial charge in [0.15, 0.2) is 10.8 Å².